The Hall–Kier alpha value is -2.60. The molecule has 0 aliphatic heterocycles. The van der Waals surface area contributed by atoms with Gasteiger partial charge in [0.15, 0.2) is 0 Å². The van der Waals surface area contributed by atoms with Crippen molar-refractivity contribution in [3.63, 3.8) is 0 Å². The Morgan fingerprint density at radius 3 is 2.69 bits per heavy atom. The minimum Gasteiger partial charge on any atom is -0.507 e. The number of nitrogens with zero attached hydrogens (tertiary/aromatic N) is 1. The third kappa shape index (κ3) is 5.20. The highest BCUT2D eigenvalue weighted by atomic mass is 35.5. The van der Waals surface area contributed by atoms with E-state index in [9.17, 15) is 14.7 Å². The van der Waals surface area contributed by atoms with Gasteiger partial charge in [0.25, 0.3) is 5.91 Å². The van der Waals surface area contributed by atoms with Crippen molar-refractivity contribution < 1.29 is 14.3 Å². The Kier molecular flexibility index (Phi) is 6.58. The molecular weight excluding hydrogens is 356 g/mol. The zero-order valence-corrected chi connectivity index (χ0v) is 15.6. The van der Waals surface area contributed by atoms with Crippen LogP contribution in [0.3, 0.4) is 0 Å². The van der Waals surface area contributed by atoms with Crippen molar-refractivity contribution in [2.75, 3.05) is 0 Å². The Bertz CT molecular complexity index is 887. The van der Waals surface area contributed by atoms with Crippen molar-refractivity contribution >= 4 is 23.2 Å². The summed E-state index contributed by atoms with van der Waals surface area (Å²) >= 11 is 5.89. The first kappa shape index (κ1) is 19.7. The molecule has 0 saturated carbocycles. The Balaban J connectivity index is 2.34. The number of rotatable bonds is 6. The normalized spacial score (nSPS) is 11.7. The summed E-state index contributed by atoms with van der Waals surface area (Å²) in [5, 5.41) is 14.7. The molecule has 1 aromatic carbocycles. The van der Waals surface area contributed by atoms with Crippen LogP contribution in [0.1, 0.15) is 48.4 Å². The standard InChI is InChI=1S/C19H21ClN2O4/c1-11(2)7-8-15(17-16(23)9-12(3)26-19(17)25)21-22-18(24)13-5-4-6-14(20)10-13/h4-6,9-11,23H,7-8H2,1-3H3,(H,22,24)/b21-15+. The highest BCUT2D eigenvalue weighted by Gasteiger charge is 2.18. The van der Waals surface area contributed by atoms with Gasteiger partial charge in [0.05, 0.1) is 5.71 Å². The van der Waals surface area contributed by atoms with Crippen LogP contribution in [-0.2, 0) is 0 Å². The van der Waals surface area contributed by atoms with Crippen LogP contribution in [0.2, 0.25) is 5.02 Å². The van der Waals surface area contributed by atoms with Gasteiger partial charge in [-0.2, -0.15) is 5.10 Å². The van der Waals surface area contributed by atoms with Crippen LogP contribution >= 0.6 is 11.6 Å². The number of hydrogen-bond acceptors (Lipinski definition) is 5. The number of hydrazone groups is 1. The molecule has 138 valence electrons. The SMILES string of the molecule is Cc1cc(O)c(/C(CCC(C)C)=N/NC(=O)c2cccc(Cl)c2)c(=O)o1. The van der Waals surface area contributed by atoms with Crippen LogP contribution in [0, 0.1) is 12.8 Å². The van der Waals surface area contributed by atoms with Gasteiger partial charge in [-0.15, -0.1) is 0 Å². The van der Waals surface area contributed by atoms with E-state index in [-0.39, 0.29) is 17.0 Å². The lowest BCUT2D eigenvalue weighted by molar-refractivity contribution is 0.0954. The first-order chi connectivity index (χ1) is 12.3. The van der Waals surface area contributed by atoms with Crippen LogP contribution in [-0.4, -0.2) is 16.7 Å². The predicted octanol–water partition coefficient (Wildman–Crippen LogP) is 3.88. The summed E-state index contributed by atoms with van der Waals surface area (Å²) in [6, 6.07) is 7.77. The second-order valence-electron chi connectivity index (χ2n) is 6.35. The van der Waals surface area contributed by atoms with E-state index in [0.29, 0.717) is 28.7 Å². The maximum atomic E-state index is 12.3. The Morgan fingerprint density at radius 1 is 1.35 bits per heavy atom. The van der Waals surface area contributed by atoms with Crippen molar-refractivity contribution in [2.45, 2.75) is 33.6 Å². The van der Waals surface area contributed by atoms with Crippen LogP contribution in [0.25, 0.3) is 0 Å². The van der Waals surface area contributed by atoms with Gasteiger partial charge < -0.3 is 9.52 Å². The van der Waals surface area contributed by atoms with E-state index in [4.69, 9.17) is 16.0 Å². The molecule has 0 fully saturated rings. The zero-order chi connectivity index (χ0) is 19.3. The van der Waals surface area contributed by atoms with E-state index in [1.807, 2.05) is 13.8 Å². The lowest BCUT2D eigenvalue weighted by Gasteiger charge is -2.10. The van der Waals surface area contributed by atoms with Gasteiger partial charge in [-0.1, -0.05) is 31.5 Å². The first-order valence-electron chi connectivity index (χ1n) is 8.24. The van der Waals surface area contributed by atoms with Gasteiger partial charge >= 0.3 is 5.63 Å². The van der Waals surface area contributed by atoms with E-state index < -0.39 is 11.5 Å². The smallest absolute Gasteiger partial charge is 0.348 e. The average Bonchev–Trinajstić information content (AvgIpc) is 2.55. The number of hydrogen-bond donors (Lipinski definition) is 2. The average molecular weight is 377 g/mol. The van der Waals surface area contributed by atoms with Crippen molar-refractivity contribution in [1.29, 1.82) is 0 Å². The van der Waals surface area contributed by atoms with Crippen molar-refractivity contribution in [2.24, 2.45) is 11.0 Å². The minimum absolute atomic E-state index is 0.0392. The fourth-order valence-corrected chi connectivity index (χ4v) is 2.53. The number of nitrogens with one attached hydrogen (secondary N) is 1. The molecule has 1 aromatic heterocycles. The molecule has 2 rings (SSSR count). The number of halogens is 1. The molecule has 0 aliphatic rings. The molecule has 1 heterocycles. The summed E-state index contributed by atoms with van der Waals surface area (Å²) in [6.45, 7) is 5.62. The maximum absolute atomic E-state index is 12.3. The molecule has 2 aromatic rings. The molecule has 1 amide bonds. The van der Waals surface area contributed by atoms with Gasteiger partial charge in [-0.25, -0.2) is 10.2 Å². The summed E-state index contributed by atoms with van der Waals surface area (Å²) in [4.78, 5) is 24.4. The fourth-order valence-electron chi connectivity index (χ4n) is 2.34. The fraction of sp³-hybridized carbons (Fsp3) is 0.316. The maximum Gasteiger partial charge on any atom is 0.348 e. The number of carbonyl (C=O) groups excluding carboxylic acids is 1. The van der Waals surface area contributed by atoms with Crippen molar-refractivity contribution in [3.8, 4) is 5.75 Å². The van der Waals surface area contributed by atoms with E-state index in [1.165, 1.54) is 12.1 Å². The number of benzene rings is 1. The number of amides is 1. The number of carbonyl (C=O) groups is 1. The molecule has 0 bridgehead atoms. The van der Waals surface area contributed by atoms with Crippen LogP contribution in [0.15, 0.2) is 44.6 Å². The molecule has 7 heteroatoms. The third-order valence-electron chi connectivity index (χ3n) is 3.68. The minimum atomic E-state index is -0.693. The summed E-state index contributed by atoms with van der Waals surface area (Å²) in [7, 11) is 0. The van der Waals surface area contributed by atoms with E-state index >= 15 is 0 Å². The van der Waals surface area contributed by atoms with Gasteiger partial charge in [0, 0.05) is 16.7 Å². The topological polar surface area (TPSA) is 91.9 Å². The molecule has 0 spiro atoms. The molecule has 26 heavy (non-hydrogen) atoms. The third-order valence-corrected chi connectivity index (χ3v) is 3.92. The van der Waals surface area contributed by atoms with E-state index in [1.54, 1.807) is 25.1 Å². The highest BCUT2D eigenvalue weighted by Crippen LogP contribution is 2.19. The van der Waals surface area contributed by atoms with Gasteiger partial charge in [0.2, 0.25) is 0 Å². The molecule has 0 unspecified atom stereocenters. The summed E-state index contributed by atoms with van der Waals surface area (Å²) < 4.78 is 5.06. The highest BCUT2D eigenvalue weighted by molar-refractivity contribution is 6.30. The number of aryl methyl sites for hydroxylation is 1. The monoisotopic (exact) mass is 376 g/mol. The second kappa shape index (κ2) is 8.67. The molecule has 2 N–H and O–H groups in total. The van der Waals surface area contributed by atoms with Crippen LogP contribution in [0.4, 0.5) is 0 Å². The molecule has 6 nitrogen and oxygen atoms in total. The van der Waals surface area contributed by atoms with Crippen LogP contribution in [0.5, 0.6) is 5.75 Å². The largest absolute Gasteiger partial charge is 0.507 e. The Morgan fingerprint density at radius 2 is 2.08 bits per heavy atom. The molecule has 0 aliphatic carbocycles. The van der Waals surface area contributed by atoms with E-state index in [0.717, 1.165) is 6.42 Å². The summed E-state index contributed by atoms with van der Waals surface area (Å²) in [5.41, 5.74) is 2.29. The van der Waals surface area contributed by atoms with Crippen molar-refractivity contribution in [1.82, 2.24) is 5.43 Å². The lowest BCUT2D eigenvalue weighted by Crippen LogP contribution is -2.23. The molecular formula is C19H21ClN2O4. The van der Waals surface area contributed by atoms with E-state index in [2.05, 4.69) is 10.5 Å². The first-order valence-corrected chi connectivity index (χ1v) is 8.62. The predicted molar refractivity (Wildman–Crippen MR) is 101 cm³/mol. The zero-order valence-electron chi connectivity index (χ0n) is 14.9. The second-order valence-corrected chi connectivity index (χ2v) is 6.78. The van der Waals surface area contributed by atoms with Gasteiger partial charge in [0.1, 0.15) is 17.1 Å². The lowest BCUT2D eigenvalue weighted by atomic mass is 10.0. The molecule has 0 atom stereocenters. The summed E-state index contributed by atoms with van der Waals surface area (Å²) in [6.07, 6.45) is 1.12. The van der Waals surface area contributed by atoms with Crippen molar-refractivity contribution in [3.05, 3.63) is 62.7 Å². The number of aromatic hydroxyl groups is 1. The van der Waals surface area contributed by atoms with Gasteiger partial charge in [-0.05, 0) is 43.9 Å². The Labute approximate surface area is 156 Å². The molecule has 0 radical (unpaired) electrons. The van der Waals surface area contributed by atoms with Crippen LogP contribution < -0.4 is 11.1 Å². The molecule has 0 saturated heterocycles. The van der Waals surface area contributed by atoms with Gasteiger partial charge in [-0.3, -0.25) is 4.79 Å². The quantitative estimate of drug-likeness (QED) is 0.591. The summed E-state index contributed by atoms with van der Waals surface area (Å²) in [5.74, 6) is -0.0466.